The maximum atomic E-state index is 14.0. The van der Waals surface area contributed by atoms with Crippen LogP contribution in [0.15, 0.2) is 18.2 Å². The van der Waals surface area contributed by atoms with Gasteiger partial charge in [-0.2, -0.15) is 0 Å². The van der Waals surface area contributed by atoms with Crippen LogP contribution in [0.4, 0.5) is 4.39 Å². The van der Waals surface area contributed by atoms with Crippen molar-refractivity contribution in [1.82, 2.24) is 0 Å². The Bertz CT molecular complexity index is 605. The Kier molecular flexibility index (Phi) is 6.57. The smallest absolute Gasteiger partial charge is 0.127 e. The Hall–Kier alpha value is -1.29. The standard InChI is InChI=1S/C24H33F/c1-3-4-23-16-11-20(17-24(23)25)8-7-19-9-14-22(15-10-19)21-12-5-18(2)6-13-21/h11,16-19,21-22H,3-6,9-10,12-15H2,1-2H3/t18-,19?,21-,22?. The van der Waals surface area contributed by atoms with E-state index in [0.29, 0.717) is 5.92 Å². The van der Waals surface area contributed by atoms with E-state index in [0.717, 1.165) is 41.7 Å². The van der Waals surface area contributed by atoms with Crippen molar-refractivity contribution in [1.29, 1.82) is 0 Å². The Labute approximate surface area is 153 Å². The zero-order valence-corrected chi connectivity index (χ0v) is 16.0. The van der Waals surface area contributed by atoms with Gasteiger partial charge in [-0.3, -0.25) is 0 Å². The molecule has 1 aromatic rings. The van der Waals surface area contributed by atoms with Crippen molar-refractivity contribution >= 4 is 0 Å². The van der Waals surface area contributed by atoms with Gasteiger partial charge in [0.1, 0.15) is 5.82 Å². The van der Waals surface area contributed by atoms with Crippen molar-refractivity contribution < 1.29 is 4.39 Å². The molecule has 0 amide bonds. The second-order valence-electron chi connectivity index (χ2n) is 8.46. The molecule has 0 atom stereocenters. The molecule has 1 aromatic carbocycles. The molecule has 0 N–H and O–H groups in total. The van der Waals surface area contributed by atoms with Gasteiger partial charge in [-0.25, -0.2) is 4.39 Å². The average molecular weight is 341 g/mol. The molecule has 3 rings (SSSR count). The monoisotopic (exact) mass is 340 g/mol. The number of benzene rings is 1. The molecule has 0 spiro atoms. The van der Waals surface area contributed by atoms with Crippen LogP contribution in [0.3, 0.4) is 0 Å². The molecule has 0 bridgehead atoms. The molecule has 25 heavy (non-hydrogen) atoms. The van der Waals surface area contributed by atoms with Crippen LogP contribution >= 0.6 is 0 Å². The first kappa shape index (κ1) is 18.5. The summed E-state index contributed by atoms with van der Waals surface area (Å²) < 4.78 is 14.0. The lowest BCUT2D eigenvalue weighted by molar-refractivity contribution is 0.162. The Morgan fingerprint density at radius 1 is 0.960 bits per heavy atom. The van der Waals surface area contributed by atoms with Crippen LogP contribution < -0.4 is 0 Å². The van der Waals surface area contributed by atoms with Gasteiger partial charge in [0.05, 0.1) is 0 Å². The fraction of sp³-hybridized carbons (Fsp3) is 0.667. The number of hydrogen-bond acceptors (Lipinski definition) is 0. The molecule has 2 saturated carbocycles. The van der Waals surface area contributed by atoms with Crippen LogP contribution in [-0.4, -0.2) is 0 Å². The van der Waals surface area contributed by atoms with E-state index in [4.69, 9.17) is 0 Å². The molecule has 2 aliphatic carbocycles. The average Bonchev–Trinajstić information content (AvgIpc) is 2.63. The van der Waals surface area contributed by atoms with Crippen molar-refractivity contribution in [2.75, 3.05) is 0 Å². The Morgan fingerprint density at radius 3 is 2.20 bits per heavy atom. The van der Waals surface area contributed by atoms with Gasteiger partial charge < -0.3 is 0 Å². The lowest BCUT2D eigenvalue weighted by atomic mass is 9.69. The normalized spacial score (nSPS) is 29.7. The summed E-state index contributed by atoms with van der Waals surface area (Å²) in [5, 5.41) is 0. The molecule has 0 radical (unpaired) electrons. The summed E-state index contributed by atoms with van der Waals surface area (Å²) in [7, 11) is 0. The van der Waals surface area contributed by atoms with Gasteiger partial charge >= 0.3 is 0 Å². The second-order valence-corrected chi connectivity index (χ2v) is 8.46. The first-order chi connectivity index (χ1) is 12.2. The van der Waals surface area contributed by atoms with Crippen molar-refractivity contribution in [2.24, 2.45) is 23.7 Å². The fourth-order valence-electron chi connectivity index (χ4n) is 4.77. The molecule has 0 unspecified atom stereocenters. The summed E-state index contributed by atoms with van der Waals surface area (Å²) in [5.41, 5.74) is 1.65. The highest BCUT2D eigenvalue weighted by Crippen LogP contribution is 2.41. The molecule has 0 aromatic heterocycles. The van der Waals surface area contributed by atoms with E-state index in [1.54, 1.807) is 6.07 Å². The van der Waals surface area contributed by atoms with Crippen molar-refractivity contribution in [3.8, 4) is 11.8 Å². The minimum absolute atomic E-state index is 0.0936. The molecule has 2 fully saturated rings. The highest BCUT2D eigenvalue weighted by Gasteiger charge is 2.29. The van der Waals surface area contributed by atoms with E-state index in [2.05, 4.69) is 25.7 Å². The summed E-state index contributed by atoms with van der Waals surface area (Å²) in [5.74, 6) is 9.95. The predicted octanol–water partition coefficient (Wildman–Crippen LogP) is 6.76. The molecular formula is C24H33F. The second kappa shape index (κ2) is 8.88. The van der Waals surface area contributed by atoms with E-state index < -0.39 is 0 Å². The summed E-state index contributed by atoms with van der Waals surface area (Å²) in [6.07, 6.45) is 12.7. The largest absolute Gasteiger partial charge is 0.207 e. The quantitative estimate of drug-likeness (QED) is 0.533. The zero-order chi connectivity index (χ0) is 17.6. The molecule has 2 aliphatic rings. The van der Waals surface area contributed by atoms with Gasteiger partial charge in [-0.05, 0) is 80.4 Å². The summed E-state index contributed by atoms with van der Waals surface area (Å²) in [6.45, 7) is 4.48. The Morgan fingerprint density at radius 2 is 1.60 bits per heavy atom. The lowest BCUT2D eigenvalue weighted by Gasteiger charge is -2.36. The topological polar surface area (TPSA) is 0 Å². The third-order valence-corrected chi connectivity index (χ3v) is 6.49. The van der Waals surface area contributed by atoms with Crippen molar-refractivity contribution in [2.45, 2.75) is 78.1 Å². The van der Waals surface area contributed by atoms with E-state index >= 15 is 0 Å². The third kappa shape index (κ3) is 5.10. The zero-order valence-electron chi connectivity index (χ0n) is 16.0. The van der Waals surface area contributed by atoms with E-state index in [1.165, 1.54) is 51.4 Å². The van der Waals surface area contributed by atoms with E-state index in [1.807, 2.05) is 12.1 Å². The minimum Gasteiger partial charge on any atom is -0.207 e. The SMILES string of the molecule is CCCc1ccc(C#CC2CCC([C@H]3CC[C@H](C)CC3)CC2)cc1F. The molecular weight excluding hydrogens is 307 g/mol. The summed E-state index contributed by atoms with van der Waals surface area (Å²) in [4.78, 5) is 0. The van der Waals surface area contributed by atoms with Gasteiger partial charge in [-0.15, -0.1) is 0 Å². The van der Waals surface area contributed by atoms with Crippen LogP contribution in [0.5, 0.6) is 0 Å². The third-order valence-electron chi connectivity index (χ3n) is 6.49. The maximum absolute atomic E-state index is 14.0. The predicted molar refractivity (Wildman–Crippen MR) is 104 cm³/mol. The molecule has 0 heterocycles. The van der Waals surface area contributed by atoms with Crippen LogP contribution in [0.2, 0.25) is 0 Å². The first-order valence-corrected chi connectivity index (χ1v) is 10.5. The number of hydrogen-bond donors (Lipinski definition) is 0. The lowest BCUT2D eigenvalue weighted by Crippen LogP contribution is -2.24. The summed E-state index contributed by atoms with van der Waals surface area (Å²) in [6, 6.07) is 5.51. The maximum Gasteiger partial charge on any atom is 0.127 e. The number of rotatable bonds is 3. The van der Waals surface area contributed by atoms with Gasteiger partial charge in [0.25, 0.3) is 0 Å². The van der Waals surface area contributed by atoms with Crippen LogP contribution in [0.25, 0.3) is 0 Å². The fourth-order valence-corrected chi connectivity index (χ4v) is 4.77. The van der Waals surface area contributed by atoms with Crippen molar-refractivity contribution in [3.63, 3.8) is 0 Å². The van der Waals surface area contributed by atoms with Crippen LogP contribution in [-0.2, 0) is 6.42 Å². The van der Waals surface area contributed by atoms with Gasteiger partial charge in [0.2, 0.25) is 0 Å². The highest BCUT2D eigenvalue weighted by atomic mass is 19.1. The number of aryl methyl sites for hydroxylation is 1. The number of halogens is 1. The van der Waals surface area contributed by atoms with E-state index in [-0.39, 0.29) is 5.82 Å². The van der Waals surface area contributed by atoms with Gasteiger partial charge in [-0.1, -0.05) is 51.0 Å². The van der Waals surface area contributed by atoms with E-state index in [9.17, 15) is 4.39 Å². The Balaban J connectivity index is 1.51. The molecule has 0 aliphatic heterocycles. The first-order valence-electron chi connectivity index (χ1n) is 10.5. The molecule has 136 valence electrons. The summed E-state index contributed by atoms with van der Waals surface area (Å²) >= 11 is 0. The molecule has 0 saturated heterocycles. The minimum atomic E-state index is -0.0936. The molecule has 1 heteroatoms. The van der Waals surface area contributed by atoms with Crippen LogP contribution in [0, 0.1) is 41.3 Å². The van der Waals surface area contributed by atoms with Gasteiger partial charge in [0, 0.05) is 11.5 Å². The van der Waals surface area contributed by atoms with Crippen molar-refractivity contribution in [3.05, 3.63) is 35.1 Å². The van der Waals surface area contributed by atoms with Gasteiger partial charge in [0.15, 0.2) is 0 Å². The molecule has 0 nitrogen and oxygen atoms in total. The van der Waals surface area contributed by atoms with Crippen LogP contribution in [0.1, 0.15) is 82.8 Å². The highest BCUT2D eigenvalue weighted by molar-refractivity contribution is 5.37.